The second-order valence-corrected chi connectivity index (χ2v) is 6.19. The Labute approximate surface area is 156 Å². The van der Waals surface area contributed by atoms with Crippen molar-refractivity contribution in [3.63, 3.8) is 0 Å². The Morgan fingerprint density at radius 1 is 1.15 bits per heavy atom. The lowest BCUT2D eigenvalue weighted by atomic mass is 10.0. The summed E-state index contributed by atoms with van der Waals surface area (Å²) < 4.78 is 29.3. The third kappa shape index (κ3) is 6.32. The van der Waals surface area contributed by atoms with E-state index in [1.807, 2.05) is 6.07 Å². The van der Waals surface area contributed by atoms with Crippen molar-refractivity contribution in [2.75, 3.05) is 5.32 Å². The fourth-order valence-electron chi connectivity index (χ4n) is 2.26. The van der Waals surface area contributed by atoms with Crippen molar-refractivity contribution >= 4 is 33.6 Å². The highest BCUT2D eigenvalue weighted by Gasteiger charge is 2.18. The monoisotopic (exact) mass is 427 g/mol. The van der Waals surface area contributed by atoms with Crippen LogP contribution in [-0.4, -0.2) is 18.5 Å². The highest BCUT2D eigenvalue weighted by Crippen LogP contribution is 2.22. The highest BCUT2D eigenvalue weighted by molar-refractivity contribution is 9.10. The molecule has 0 bridgehead atoms. The molecule has 2 rings (SSSR count). The Morgan fingerprint density at radius 2 is 1.85 bits per heavy atom. The lowest BCUT2D eigenvalue weighted by Crippen LogP contribution is -2.35. The molecule has 0 fully saturated rings. The first-order valence-electron chi connectivity index (χ1n) is 7.49. The van der Waals surface area contributed by atoms with E-state index >= 15 is 0 Å². The number of anilines is 1. The van der Waals surface area contributed by atoms with Gasteiger partial charge in [-0.25, -0.2) is 4.79 Å². The fourth-order valence-corrected chi connectivity index (χ4v) is 2.68. The van der Waals surface area contributed by atoms with E-state index in [-0.39, 0.29) is 18.1 Å². The minimum atomic E-state index is -2.92. The van der Waals surface area contributed by atoms with Gasteiger partial charge in [0.25, 0.3) is 0 Å². The summed E-state index contributed by atoms with van der Waals surface area (Å²) in [5.41, 5.74) is 6.29. The molecule has 138 valence electrons. The number of primary amides is 1. The molecule has 4 N–H and O–H groups in total. The van der Waals surface area contributed by atoms with Gasteiger partial charge in [0.2, 0.25) is 5.91 Å². The molecule has 0 saturated carbocycles. The van der Waals surface area contributed by atoms with Crippen LogP contribution in [-0.2, 0) is 4.79 Å². The molecule has 6 nitrogen and oxygen atoms in total. The third-order valence-corrected chi connectivity index (χ3v) is 3.81. The molecule has 0 heterocycles. The maximum Gasteiger partial charge on any atom is 0.387 e. The minimum absolute atomic E-state index is 0.0135. The van der Waals surface area contributed by atoms with Gasteiger partial charge in [-0.3, -0.25) is 4.79 Å². The largest absolute Gasteiger partial charge is 0.435 e. The van der Waals surface area contributed by atoms with Gasteiger partial charge in [0, 0.05) is 10.2 Å². The number of rotatable bonds is 7. The second-order valence-electron chi connectivity index (χ2n) is 5.27. The first-order valence-corrected chi connectivity index (χ1v) is 8.29. The zero-order valence-corrected chi connectivity index (χ0v) is 15.0. The van der Waals surface area contributed by atoms with Crippen LogP contribution in [0.1, 0.15) is 18.0 Å². The molecule has 0 aliphatic heterocycles. The first kappa shape index (κ1) is 19.6. The molecule has 0 aliphatic rings. The quantitative estimate of drug-likeness (QED) is 0.627. The fraction of sp³-hybridized carbons (Fsp3) is 0.176. The van der Waals surface area contributed by atoms with Gasteiger partial charge in [-0.15, -0.1) is 0 Å². The Bertz CT molecular complexity index is 772. The normalized spacial score (nSPS) is 11.7. The number of carbonyl (C=O) groups is 2. The molecule has 0 aromatic heterocycles. The van der Waals surface area contributed by atoms with Crippen molar-refractivity contribution in [1.82, 2.24) is 5.32 Å². The number of nitrogens with one attached hydrogen (secondary N) is 2. The van der Waals surface area contributed by atoms with Gasteiger partial charge < -0.3 is 21.1 Å². The van der Waals surface area contributed by atoms with Crippen LogP contribution in [0, 0.1) is 0 Å². The molecular weight excluding hydrogens is 412 g/mol. The van der Waals surface area contributed by atoms with Gasteiger partial charge in [-0.2, -0.15) is 8.78 Å². The minimum Gasteiger partial charge on any atom is -0.435 e. The molecule has 9 heteroatoms. The molecular formula is C17H16BrF2N3O3. The van der Waals surface area contributed by atoms with Crippen molar-refractivity contribution in [3.8, 4) is 5.75 Å². The predicted octanol–water partition coefficient (Wildman–Crippen LogP) is 3.79. The summed E-state index contributed by atoms with van der Waals surface area (Å²) in [6.45, 7) is -2.92. The Hall–Kier alpha value is -2.68. The van der Waals surface area contributed by atoms with E-state index in [1.54, 1.807) is 18.2 Å². The van der Waals surface area contributed by atoms with E-state index in [0.29, 0.717) is 11.3 Å². The van der Waals surface area contributed by atoms with Gasteiger partial charge in [-0.05, 0) is 42.0 Å². The van der Waals surface area contributed by atoms with Crippen LogP contribution < -0.4 is 21.1 Å². The molecule has 2 aromatic rings. The van der Waals surface area contributed by atoms with Crippen LogP contribution in [0.4, 0.5) is 19.3 Å². The second kappa shape index (κ2) is 9.14. The maximum absolute atomic E-state index is 12.3. The third-order valence-electron chi connectivity index (χ3n) is 3.32. The average Bonchev–Trinajstić information content (AvgIpc) is 2.55. The van der Waals surface area contributed by atoms with E-state index in [0.717, 1.165) is 4.47 Å². The standard InChI is InChI=1S/C17H16BrF2N3O3/c18-11-3-1-2-10(8-11)14(23-17(21)25)9-15(24)22-12-4-6-13(7-5-12)26-16(19)20/h1-8,14,16H,9H2,(H,22,24)(H3,21,23,25). The van der Waals surface area contributed by atoms with Crippen molar-refractivity contribution < 1.29 is 23.1 Å². The van der Waals surface area contributed by atoms with Crippen molar-refractivity contribution in [3.05, 3.63) is 58.6 Å². The van der Waals surface area contributed by atoms with Crippen molar-refractivity contribution in [1.29, 1.82) is 0 Å². The summed E-state index contributed by atoms with van der Waals surface area (Å²) in [6.07, 6.45) is -0.0608. The van der Waals surface area contributed by atoms with Crippen LogP contribution >= 0.6 is 15.9 Å². The van der Waals surface area contributed by atoms with E-state index in [4.69, 9.17) is 5.73 Å². The summed E-state index contributed by atoms with van der Waals surface area (Å²) in [5, 5.41) is 5.15. The summed E-state index contributed by atoms with van der Waals surface area (Å²) in [5.74, 6) is -0.397. The topological polar surface area (TPSA) is 93.5 Å². The lowest BCUT2D eigenvalue weighted by molar-refractivity contribution is -0.116. The molecule has 1 unspecified atom stereocenters. The number of urea groups is 1. The zero-order chi connectivity index (χ0) is 19.1. The SMILES string of the molecule is NC(=O)NC(CC(=O)Nc1ccc(OC(F)F)cc1)c1cccc(Br)c1. The van der Waals surface area contributed by atoms with Gasteiger partial charge in [0.05, 0.1) is 12.5 Å². The van der Waals surface area contributed by atoms with E-state index < -0.39 is 18.7 Å². The number of carbonyl (C=O) groups excluding carboxylic acids is 2. The number of hydrogen-bond donors (Lipinski definition) is 3. The number of alkyl halides is 2. The smallest absolute Gasteiger partial charge is 0.387 e. The van der Waals surface area contributed by atoms with Crippen LogP contribution in [0.5, 0.6) is 5.75 Å². The van der Waals surface area contributed by atoms with E-state index in [9.17, 15) is 18.4 Å². The molecule has 0 aliphatic carbocycles. The van der Waals surface area contributed by atoms with Crippen LogP contribution in [0.15, 0.2) is 53.0 Å². The number of hydrogen-bond acceptors (Lipinski definition) is 3. The molecule has 3 amide bonds. The number of nitrogens with two attached hydrogens (primary N) is 1. The van der Waals surface area contributed by atoms with E-state index in [2.05, 4.69) is 31.3 Å². The Balaban J connectivity index is 2.03. The molecule has 0 saturated heterocycles. The number of halogens is 3. The van der Waals surface area contributed by atoms with Crippen molar-refractivity contribution in [2.24, 2.45) is 5.73 Å². The molecule has 0 radical (unpaired) electrons. The van der Waals surface area contributed by atoms with Gasteiger partial charge in [-0.1, -0.05) is 28.1 Å². The van der Waals surface area contributed by atoms with Crippen LogP contribution in [0.25, 0.3) is 0 Å². The van der Waals surface area contributed by atoms with Crippen molar-refractivity contribution in [2.45, 2.75) is 19.1 Å². The Kier molecular flexibility index (Phi) is 6.90. The van der Waals surface area contributed by atoms with Gasteiger partial charge >= 0.3 is 12.6 Å². The van der Waals surface area contributed by atoms with Crippen LogP contribution in [0.3, 0.4) is 0 Å². The van der Waals surface area contributed by atoms with E-state index in [1.165, 1.54) is 24.3 Å². The summed E-state index contributed by atoms with van der Waals surface area (Å²) in [6, 6.07) is 11.2. The molecule has 1 atom stereocenters. The average molecular weight is 428 g/mol. The van der Waals surface area contributed by atoms with Crippen LogP contribution in [0.2, 0.25) is 0 Å². The van der Waals surface area contributed by atoms with Gasteiger partial charge in [0.15, 0.2) is 0 Å². The summed E-state index contributed by atoms with van der Waals surface area (Å²) in [4.78, 5) is 23.5. The maximum atomic E-state index is 12.3. The number of amides is 3. The molecule has 0 spiro atoms. The summed E-state index contributed by atoms with van der Waals surface area (Å²) >= 11 is 3.33. The molecule has 26 heavy (non-hydrogen) atoms. The Morgan fingerprint density at radius 3 is 2.42 bits per heavy atom. The number of benzene rings is 2. The number of ether oxygens (including phenoxy) is 1. The predicted molar refractivity (Wildman–Crippen MR) is 95.9 cm³/mol. The lowest BCUT2D eigenvalue weighted by Gasteiger charge is -2.18. The van der Waals surface area contributed by atoms with Gasteiger partial charge in [0.1, 0.15) is 5.75 Å². The molecule has 2 aromatic carbocycles. The zero-order valence-electron chi connectivity index (χ0n) is 13.4. The summed E-state index contributed by atoms with van der Waals surface area (Å²) in [7, 11) is 0. The first-order chi connectivity index (χ1) is 12.3. The highest BCUT2D eigenvalue weighted by atomic mass is 79.9.